The van der Waals surface area contributed by atoms with E-state index in [0.717, 1.165) is 30.6 Å². The van der Waals surface area contributed by atoms with Gasteiger partial charge in [-0.2, -0.15) is 0 Å². The molecule has 1 aromatic carbocycles. The van der Waals surface area contributed by atoms with Gasteiger partial charge in [-0.3, -0.25) is 0 Å². The third-order valence-corrected chi connectivity index (χ3v) is 4.51. The number of urea groups is 1. The second-order valence-electron chi connectivity index (χ2n) is 6.31. The number of aliphatic hydroxyl groups is 1. The Morgan fingerprint density at radius 2 is 2.09 bits per heavy atom. The molecule has 3 atom stereocenters. The Morgan fingerprint density at radius 1 is 1.39 bits per heavy atom. The molecule has 5 heteroatoms. The summed E-state index contributed by atoms with van der Waals surface area (Å²) in [4.78, 5) is 14.0. The van der Waals surface area contributed by atoms with Crippen LogP contribution in [0.5, 0.6) is 5.75 Å². The summed E-state index contributed by atoms with van der Waals surface area (Å²) in [6.07, 6.45) is 2.62. The monoisotopic (exact) mass is 320 g/mol. The van der Waals surface area contributed by atoms with Crippen LogP contribution in [0.4, 0.5) is 4.79 Å². The highest BCUT2D eigenvalue weighted by Crippen LogP contribution is 2.26. The van der Waals surface area contributed by atoms with Gasteiger partial charge in [-0.25, -0.2) is 4.79 Å². The van der Waals surface area contributed by atoms with Crippen LogP contribution in [-0.4, -0.2) is 42.3 Å². The Morgan fingerprint density at radius 3 is 2.65 bits per heavy atom. The zero-order valence-corrected chi connectivity index (χ0v) is 14.3. The standard InChI is InChI=1S/C18H28N2O3/c1-4-23-16-10-8-14(9-11-16)13(2)19-18(22)20(3)12-15-6-5-7-17(15)21/h8-11,13,15,17,21H,4-7,12H2,1-3H3,(H,19,22). The van der Waals surface area contributed by atoms with Gasteiger partial charge in [0.1, 0.15) is 5.75 Å². The molecule has 5 nitrogen and oxygen atoms in total. The van der Waals surface area contributed by atoms with E-state index >= 15 is 0 Å². The fourth-order valence-electron chi connectivity index (χ4n) is 3.06. The summed E-state index contributed by atoms with van der Waals surface area (Å²) < 4.78 is 5.43. The maximum Gasteiger partial charge on any atom is 0.317 e. The normalized spacial score (nSPS) is 21.7. The van der Waals surface area contributed by atoms with Crippen molar-refractivity contribution in [3.8, 4) is 5.75 Å². The minimum Gasteiger partial charge on any atom is -0.494 e. The van der Waals surface area contributed by atoms with Crippen LogP contribution in [0.15, 0.2) is 24.3 Å². The van der Waals surface area contributed by atoms with Crippen molar-refractivity contribution in [2.24, 2.45) is 5.92 Å². The molecule has 0 aliphatic heterocycles. The van der Waals surface area contributed by atoms with Crippen molar-refractivity contribution in [3.63, 3.8) is 0 Å². The summed E-state index contributed by atoms with van der Waals surface area (Å²) in [5, 5.41) is 12.9. The molecule has 0 radical (unpaired) electrons. The minimum absolute atomic E-state index is 0.0749. The molecule has 0 spiro atoms. The maximum atomic E-state index is 12.3. The summed E-state index contributed by atoms with van der Waals surface area (Å²) in [7, 11) is 1.78. The summed E-state index contributed by atoms with van der Waals surface area (Å²) in [6.45, 7) is 5.16. The number of carbonyl (C=O) groups is 1. The molecular weight excluding hydrogens is 292 g/mol. The van der Waals surface area contributed by atoms with Crippen LogP contribution in [0.1, 0.15) is 44.7 Å². The summed E-state index contributed by atoms with van der Waals surface area (Å²) >= 11 is 0. The Bertz CT molecular complexity index is 503. The predicted octanol–water partition coefficient (Wildman–Crippen LogP) is 2.95. The number of benzene rings is 1. The largest absolute Gasteiger partial charge is 0.494 e. The molecule has 1 fully saturated rings. The van der Waals surface area contributed by atoms with Crippen molar-refractivity contribution in [2.45, 2.75) is 45.3 Å². The maximum absolute atomic E-state index is 12.3. The van der Waals surface area contributed by atoms with Gasteiger partial charge < -0.3 is 20.1 Å². The SMILES string of the molecule is CCOc1ccc(C(C)NC(=O)N(C)CC2CCCC2O)cc1. The zero-order valence-electron chi connectivity index (χ0n) is 14.3. The molecule has 1 aliphatic rings. The van der Waals surface area contributed by atoms with Gasteiger partial charge in [0.15, 0.2) is 0 Å². The Labute approximate surface area is 138 Å². The fourth-order valence-corrected chi connectivity index (χ4v) is 3.06. The third kappa shape index (κ3) is 4.86. The lowest BCUT2D eigenvalue weighted by Crippen LogP contribution is -2.42. The molecule has 0 saturated heterocycles. The topological polar surface area (TPSA) is 61.8 Å². The quantitative estimate of drug-likeness (QED) is 0.847. The molecule has 2 amide bonds. The van der Waals surface area contributed by atoms with E-state index in [1.54, 1.807) is 11.9 Å². The second kappa shape index (κ2) is 8.20. The lowest BCUT2D eigenvalue weighted by atomic mass is 10.1. The molecule has 2 rings (SSSR count). The van der Waals surface area contributed by atoms with Gasteiger partial charge >= 0.3 is 6.03 Å². The van der Waals surface area contributed by atoms with Crippen LogP contribution < -0.4 is 10.1 Å². The van der Waals surface area contributed by atoms with Gasteiger partial charge in [-0.1, -0.05) is 18.6 Å². The van der Waals surface area contributed by atoms with Crippen molar-refractivity contribution in [3.05, 3.63) is 29.8 Å². The van der Waals surface area contributed by atoms with Crippen molar-refractivity contribution in [1.29, 1.82) is 0 Å². The number of ether oxygens (including phenoxy) is 1. The lowest BCUT2D eigenvalue weighted by molar-refractivity contribution is 0.113. The van der Waals surface area contributed by atoms with Crippen molar-refractivity contribution >= 4 is 6.03 Å². The number of nitrogens with zero attached hydrogens (tertiary/aromatic N) is 1. The number of aliphatic hydroxyl groups excluding tert-OH is 1. The first kappa shape index (κ1) is 17.6. The van der Waals surface area contributed by atoms with Crippen LogP contribution in [0.2, 0.25) is 0 Å². The van der Waals surface area contributed by atoms with E-state index in [-0.39, 0.29) is 24.1 Å². The van der Waals surface area contributed by atoms with Gasteiger partial charge in [-0.15, -0.1) is 0 Å². The van der Waals surface area contributed by atoms with E-state index in [2.05, 4.69) is 5.32 Å². The number of hydrogen-bond acceptors (Lipinski definition) is 3. The molecule has 0 heterocycles. The predicted molar refractivity (Wildman–Crippen MR) is 90.5 cm³/mol. The highest BCUT2D eigenvalue weighted by Gasteiger charge is 2.27. The number of amides is 2. The number of nitrogens with one attached hydrogen (secondary N) is 1. The van der Waals surface area contributed by atoms with Crippen molar-refractivity contribution in [2.75, 3.05) is 20.2 Å². The summed E-state index contributed by atoms with van der Waals surface area (Å²) in [5.41, 5.74) is 1.04. The van der Waals surface area contributed by atoms with Crippen LogP contribution >= 0.6 is 0 Å². The average molecular weight is 320 g/mol. The number of rotatable bonds is 6. The van der Waals surface area contributed by atoms with E-state index in [9.17, 15) is 9.90 Å². The van der Waals surface area contributed by atoms with E-state index in [1.165, 1.54) is 0 Å². The van der Waals surface area contributed by atoms with Crippen molar-refractivity contribution < 1.29 is 14.6 Å². The molecule has 1 aromatic rings. The zero-order chi connectivity index (χ0) is 16.8. The smallest absolute Gasteiger partial charge is 0.317 e. The Hall–Kier alpha value is -1.75. The van der Waals surface area contributed by atoms with E-state index in [0.29, 0.717) is 13.2 Å². The molecule has 2 N–H and O–H groups in total. The van der Waals surface area contributed by atoms with Crippen LogP contribution in [-0.2, 0) is 0 Å². The summed E-state index contributed by atoms with van der Waals surface area (Å²) in [6, 6.07) is 7.59. The van der Waals surface area contributed by atoms with Crippen LogP contribution in [0.25, 0.3) is 0 Å². The van der Waals surface area contributed by atoms with E-state index in [1.807, 2.05) is 38.1 Å². The molecule has 1 saturated carbocycles. The molecule has 0 aromatic heterocycles. The van der Waals surface area contributed by atoms with E-state index < -0.39 is 0 Å². The van der Waals surface area contributed by atoms with Gasteiger partial charge in [0.05, 0.1) is 18.8 Å². The van der Waals surface area contributed by atoms with Crippen molar-refractivity contribution in [1.82, 2.24) is 10.2 Å². The fraction of sp³-hybridized carbons (Fsp3) is 0.611. The molecule has 23 heavy (non-hydrogen) atoms. The number of carbonyl (C=O) groups excluding carboxylic acids is 1. The number of hydrogen-bond donors (Lipinski definition) is 2. The molecule has 3 unspecified atom stereocenters. The van der Waals surface area contributed by atoms with Gasteiger partial charge in [0.2, 0.25) is 0 Å². The van der Waals surface area contributed by atoms with Gasteiger partial charge in [0, 0.05) is 19.5 Å². The van der Waals surface area contributed by atoms with Crippen LogP contribution in [0, 0.1) is 5.92 Å². The van der Waals surface area contributed by atoms with Gasteiger partial charge in [0.25, 0.3) is 0 Å². The second-order valence-corrected chi connectivity index (χ2v) is 6.31. The molecule has 128 valence electrons. The Balaban J connectivity index is 1.85. The summed E-state index contributed by atoms with van der Waals surface area (Å²) in [5.74, 6) is 1.04. The molecule has 1 aliphatic carbocycles. The highest BCUT2D eigenvalue weighted by atomic mass is 16.5. The molecule has 0 bridgehead atoms. The Kier molecular flexibility index (Phi) is 6.28. The first-order chi connectivity index (χ1) is 11.0. The highest BCUT2D eigenvalue weighted by molar-refractivity contribution is 5.74. The van der Waals surface area contributed by atoms with Crippen LogP contribution in [0.3, 0.4) is 0 Å². The average Bonchev–Trinajstić information content (AvgIpc) is 2.93. The van der Waals surface area contributed by atoms with Gasteiger partial charge in [-0.05, 0) is 44.4 Å². The lowest BCUT2D eigenvalue weighted by Gasteiger charge is -2.25. The molecular formula is C18H28N2O3. The first-order valence-corrected chi connectivity index (χ1v) is 8.43. The third-order valence-electron chi connectivity index (χ3n) is 4.51. The van der Waals surface area contributed by atoms with E-state index in [4.69, 9.17) is 4.74 Å². The first-order valence-electron chi connectivity index (χ1n) is 8.43. The minimum atomic E-state index is -0.270.